The number of aliphatic hydroxyl groups is 1. The molecule has 1 N–H and O–H groups in total. The molecular formula is C24H32O6. The van der Waals surface area contributed by atoms with Crippen LogP contribution >= 0.6 is 0 Å². The quantitative estimate of drug-likeness (QED) is 0.736. The van der Waals surface area contributed by atoms with E-state index in [9.17, 15) is 14.7 Å². The van der Waals surface area contributed by atoms with Crippen molar-refractivity contribution in [2.24, 2.45) is 22.7 Å². The normalized spacial score (nSPS) is 39.3. The van der Waals surface area contributed by atoms with Crippen molar-refractivity contribution in [2.45, 2.75) is 78.1 Å². The zero-order valence-corrected chi connectivity index (χ0v) is 18.5. The lowest BCUT2D eigenvalue weighted by molar-refractivity contribution is -0.311. The van der Waals surface area contributed by atoms with E-state index in [4.69, 9.17) is 13.9 Å². The number of furan rings is 1. The average Bonchev–Trinajstić information content (AvgIpc) is 3.11. The molecule has 6 heteroatoms. The maximum Gasteiger partial charge on any atom is 0.303 e. The topological polar surface area (TPSA) is 86.0 Å². The van der Waals surface area contributed by atoms with Crippen molar-refractivity contribution < 1.29 is 28.6 Å². The third kappa shape index (κ3) is 2.65. The molecule has 1 aromatic rings. The highest BCUT2D eigenvalue weighted by Gasteiger charge is 2.73. The summed E-state index contributed by atoms with van der Waals surface area (Å²) in [6.45, 7) is 13.1. The Labute approximate surface area is 177 Å². The van der Waals surface area contributed by atoms with Gasteiger partial charge in [-0.05, 0) is 48.2 Å². The van der Waals surface area contributed by atoms with E-state index in [1.807, 2.05) is 26.8 Å². The molecule has 3 aliphatic carbocycles. The van der Waals surface area contributed by atoms with Crippen LogP contribution in [0, 0.1) is 22.7 Å². The van der Waals surface area contributed by atoms with Gasteiger partial charge in [-0.3, -0.25) is 9.59 Å². The minimum atomic E-state index is -1.38. The van der Waals surface area contributed by atoms with Crippen molar-refractivity contribution in [1.82, 2.24) is 0 Å². The molecule has 0 radical (unpaired) electrons. The Morgan fingerprint density at radius 1 is 1.17 bits per heavy atom. The highest BCUT2D eigenvalue weighted by Crippen LogP contribution is 2.67. The van der Waals surface area contributed by atoms with Gasteiger partial charge in [0, 0.05) is 31.2 Å². The summed E-state index contributed by atoms with van der Waals surface area (Å²) in [7, 11) is 0. The molecule has 1 heterocycles. The van der Waals surface area contributed by atoms with Crippen LogP contribution in [-0.2, 0) is 25.5 Å². The van der Waals surface area contributed by atoms with Crippen LogP contribution in [0.3, 0.4) is 0 Å². The van der Waals surface area contributed by atoms with Crippen LogP contribution in [0.1, 0.15) is 65.2 Å². The van der Waals surface area contributed by atoms with Gasteiger partial charge in [-0.2, -0.15) is 0 Å². The van der Waals surface area contributed by atoms with E-state index in [0.29, 0.717) is 25.7 Å². The van der Waals surface area contributed by atoms with Gasteiger partial charge in [0.05, 0.1) is 6.26 Å². The fourth-order valence-electron chi connectivity index (χ4n) is 6.88. The summed E-state index contributed by atoms with van der Waals surface area (Å²) in [5.41, 5.74) is -0.855. The number of esters is 2. The standard InChI is InChI=1S/C24H32O6/c1-13-16-8-10-28-19(16)12-18-17(13)11-21(30-15(3)26)24(27)22(4,5)9-7-20(23(18,24)6)29-14(2)25/h8,10,17-18,20-21,27H,1,7,9,11-12H2,2-6H3/t17-,18+,20-,21-,23-,24+/m0/s1. The maximum absolute atomic E-state index is 12.5. The first-order chi connectivity index (χ1) is 13.9. The molecule has 0 spiro atoms. The molecule has 0 aliphatic heterocycles. The third-order valence-electron chi connectivity index (χ3n) is 8.30. The monoisotopic (exact) mass is 416 g/mol. The number of hydrogen-bond donors (Lipinski definition) is 1. The highest BCUT2D eigenvalue weighted by molar-refractivity contribution is 5.70. The Kier molecular flexibility index (Phi) is 4.73. The van der Waals surface area contributed by atoms with Gasteiger partial charge in [0.15, 0.2) is 0 Å². The van der Waals surface area contributed by atoms with E-state index >= 15 is 0 Å². The zero-order chi connectivity index (χ0) is 22.1. The average molecular weight is 417 g/mol. The minimum Gasteiger partial charge on any atom is -0.469 e. The van der Waals surface area contributed by atoms with Gasteiger partial charge in [-0.1, -0.05) is 27.4 Å². The lowest BCUT2D eigenvalue weighted by Crippen LogP contribution is -2.76. The minimum absolute atomic E-state index is 0.0170. The molecule has 0 bridgehead atoms. The van der Waals surface area contributed by atoms with Crippen LogP contribution in [0.15, 0.2) is 23.3 Å². The molecule has 6 nitrogen and oxygen atoms in total. The molecule has 1 aromatic heterocycles. The van der Waals surface area contributed by atoms with Crippen LogP contribution in [0.2, 0.25) is 0 Å². The van der Waals surface area contributed by atoms with Crippen LogP contribution in [0.4, 0.5) is 0 Å². The van der Waals surface area contributed by atoms with Crippen LogP contribution in [-0.4, -0.2) is 34.9 Å². The third-order valence-corrected chi connectivity index (χ3v) is 8.30. The molecule has 164 valence electrons. The van der Waals surface area contributed by atoms with Crippen molar-refractivity contribution in [2.75, 3.05) is 0 Å². The van der Waals surface area contributed by atoms with Gasteiger partial charge in [0.2, 0.25) is 0 Å². The Morgan fingerprint density at radius 2 is 1.80 bits per heavy atom. The molecule has 6 atom stereocenters. The van der Waals surface area contributed by atoms with Crippen molar-refractivity contribution in [3.8, 4) is 0 Å². The first-order valence-electron chi connectivity index (χ1n) is 10.8. The molecule has 0 unspecified atom stereocenters. The van der Waals surface area contributed by atoms with Gasteiger partial charge in [-0.25, -0.2) is 0 Å². The Morgan fingerprint density at radius 3 is 2.43 bits per heavy atom. The number of carbonyl (C=O) groups excluding carboxylic acids is 2. The van der Waals surface area contributed by atoms with E-state index in [-0.39, 0.29) is 17.8 Å². The summed E-state index contributed by atoms with van der Waals surface area (Å²) >= 11 is 0. The van der Waals surface area contributed by atoms with Gasteiger partial charge in [0.1, 0.15) is 23.6 Å². The molecule has 3 aliphatic rings. The second kappa shape index (κ2) is 6.71. The lowest BCUT2D eigenvalue weighted by atomic mass is 9.40. The van der Waals surface area contributed by atoms with Crippen molar-refractivity contribution in [3.63, 3.8) is 0 Å². The van der Waals surface area contributed by atoms with Gasteiger partial charge < -0.3 is 19.0 Å². The van der Waals surface area contributed by atoms with Gasteiger partial charge in [0.25, 0.3) is 0 Å². The van der Waals surface area contributed by atoms with Crippen LogP contribution in [0.5, 0.6) is 0 Å². The van der Waals surface area contributed by atoms with E-state index in [1.165, 1.54) is 13.8 Å². The number of rotatable bonds is 2. The fourth-order valence-corrected chi connectivity index (χ4v) is 6.88. The van der Waals surface area contributed by atoms with Crippen molar-refractivity contribution in [1.29, 1.82) is 0 Å². The van der Waals surface area contributed by atoms with E-state index in [2.05, 4.69) is 6.58 Å². The van der Waals surface area contributed by atoms with E-state index in [1.54, 1.807) is 6.26 Å². The second-order valence-corrected chi connectivity index (χ2v) is 10.1. The molecule has 30 heavy (non-hydrogen) atoms. The smallest absolute Gasteiger partial charge is 0.303 e. The summed E-state index contributed by atoms with van der Waals surface area (Å²) < 4.78 is 17.4. The largest absolute Gasteiger partial charge is 0.469 e. The molecule has 2 fully saturated rings. The zero-order valence-electron chi connectivity index (χ0n) is 18.5. The molecule has 0 aromatic carbocycles. The van der Waals surface area contributed by atoms with Crippen molar-refractivity contribution in [3.05, 3.63) is 30.2 Å². The van der Waals surface area contributed by atoms with E-state index in [0.717, 1.165) is 16.9 Å². The van der Waals surface area contributed by atoms with Gasteiger partial charge in [-0.15, -0.1) is 0 Å². The maximum atomic E-state index is 12.5. The number of hydrogen-bond acceptors (Lipinski definition) is 6. The van der Waals surface area contributed by atoms with Crippen molar-refractivity contribution >= 4 is 17.5 Å². The molecule has 4 rings (SSSR count). The van der Waals surface area contributed by atoms with Crippen LogP contribution < -0.4 is 0 Å². The molecule has 0 saturated heterocycles. The first-order valence-corrected chi connectivity index (χ1v) is 10.8. The molecule has 2 saturated carbocycles. The SMILES string of the molecule is C=C1c2ccoc2C[C@@H]2[C@H]1C[C@H](OC(C)=O)[C@@]1(O)C(C)(C)CC[C@H](OC(C)=O)[C@]21C. The number of allylic oxidation sites excluding steroid dienone is 1. The summed E-state index contributed by atoms with van der Waals surface area (Å²) in [4.78, 5) is 24.1. The Hall–Kier alpha value is -2.08. The summed E-state index contributed by atoms with van der Waals surface area (Å²) in [5, 5.41) is 12.5. The summed E-state index contributed by atoms with van der Waals surface area (Å²) in [6.07, 6.45) is 2.84. The first kappa shape index (κ1) is 21.2. The number of ether oxygens (including phenoxy) is 2. The Bertz CT molecular complexity index is 897. The summed E-state index contributed by atoms with van der Waals surface area (Å²) in [6, 6.07) is 1.92. The number of carbonyl (C=O) groups is 2. The van der Waals surface area contributed by atoms with Gasteiger partial charge >= 0.3 is 11.9 Å². The fraction of sp³-hybridized carbons (Fsp3) is 0.667. The summed E-state index contributed by atoms with van der Waals surface area (Å²) in [5.74, 6) is -0.0328. The number of fused-ring (bicyclic) bond motifs is 4. The molecular weight excluding hydrogens is 384 g/mol. The van der Waals surface area contributed by atoms with Crippen LogP contribution in [0.25, 0.3) is 5.57 Å². The van der Waals surface area contributed by atoms with E-state index < -0.39 is 34.6 Å². The lowest BCUT2D eigenvalue weighted by Gasteiger charge is -2.68. The predicted molar refractivity (Wildman–Crippen MR) is 110 cm³/mol. The predicted octanol–water partition coefficient (Wildman–Crippen LogP) is 3.91. The molecule has 0 amide bonds. The Balaban J connectivity index is 1.92. The second-order valence-electron chi connectivity index (χ2n) is 10.1. The highest BCUT2D eigenvalue weighted by atomic mass is 16.6.